The maximum atomic E-state index is 13.6. The van der Waals surface area contributed by atoms with Gasteiger partial charge in [-0.1, -0.05) is 48.0 Å². The van der Waals surface area contributed by atoms with Crippen LogP contribution in [-0.2, 0) is 19.1 Å². The third kappa shape index (κ3) is 7.24. The number of phenols is 3. The first-order valence-electron chi connectivity index (χ1n) is 15.6. The first-order valence-corrected chi connectivity index (χ1v) is 17.1. The number of benzene rings is 4. The number of hydrogen-bond acceptors (Lipinski definition) is 12. The number of phenolic OH excluding ortho intramolecular Hbond substituents is 3. The zero-order valence-corrected chi connectivity index (χ0v) is 28.7. The molecule has 1 saturated heterocycles. The van der Waals surface area contributed by atoms with Gasteiger partial charge in [0.25, 0.3) is 11.8 Å². The number of carboxylic acid groups (broad SMARTS) is 1. The normalized spacial score (nSPS) is 16.2. The molecule has 0 spiro atoms. The van der Waals surface area contributed by atoms with Crippen LogP contribution in [0.15, 0.2) is 96.2 Å². The van der Waals surface area contributed by atoms with Gasteiger partial charge in [0.15, 0.2) is 6.61 Å². The van der Waals surface area contributed by atoms with Gasteiger partial charge >= 0.3 is 11.9 Å². The van der Waals surface area contributed by atoms with Gasteiger partial charge in [-0.3, -0.25) is 24.1 Å². The highest BCUT2D eigenvalue weighted by molar-refractivity contribution is 8.00. The number of hydrogen-bond donors (Lipinski definition) is 5. The highest BCUT2D eigenvalue weighted by atomic mass is 35.5. The third-order valence-electron chi connectivity index (χ3n) is 8.27. The Morgan fingerprint density at radius 1 is 0.811 bits per heavy atom. The first kappa shape index (κ1) is 36.5. The highest BCUT2D eigenvalue weighted by Gasteiger charge is 2.54. The van der Waals surface area contributed by atoms with E-state index in [1.54, 1.807) is 30.3 Å². The molecule has 0 aromatic heterocycles. The number of nitrogens with one attached hydrogen (secondary N) is 1. The summed E-state index contributed by atoms with van der Waals surface area (Å²) < 4.78 is 10.7. The molecule has 4 aromatic carbocycles. The second kappa shape index (κ2) is 15.1. The van der Waals surface area contributed by atoms with E-state index in [2.05, 4.69) is 5.32 Å². The lowest BCUT2D eigenvalue weighted by Crippen LogP contribution is -2.71. The van der Waals surface area contributed by atoms with Gasteiger partial charge in [0.2, 0.25) is 11.6 Å². The number of carboxylic acids is 1. The van der Waals surface area contributed by atoms with E-state index < -0.39 is 92.8 Å². The van der Waals surface area contributed by atoms with Crippen LogP contribution in [0.2, 0.25) is 5.02 Å². The highest BCUT2D eigenvalue weighted by Crippen LogP contribution is 2.41. The van der Waals surface area contributed by atoms with Gasteiger partial charge in [0.05, 0.1) is 22.3 Å². The van der Waals surface area contributed by atoms with E-state index >= 15 is 0 Å². The smallest absolute Gasteiger partial charge is 0.352 e. The quantitative estimate of drug-likeness (QED) is 0.0788. The maximum absolute atomic E-state index is 13.6. The molecule has 1 unspecified atom stereocenters. The summed E-state index contributed by atoms with van der Waals surface area (Å²) >= 11 is 7.32. The number of β-lactam (4-membered cyclic amide) rings is 1. The summed E-state index contributed by atoms with van der Waals surface area (Å²) in [5.74, 6) is -7.28. The number of aromatic hydroxyl groups is 3. The fraction of sp³-hybridized carbons (Fsp3) is 0.135. The number of ether oxygens (including phenoxy) is 2. The molecule has 1 fully saturated rings. The van der Waals surface area contributed by atoms with Crippen molar-refractivity contribution in [3.8, 4) is 23.0 Å². The number of esters is 1. The number of rotatable bonds is 12. The molecule has 2 heterocycles. The Balaban J connectivity index is 1.15. The summed E-state index contributed by atoms with van der Waals surface area (Å²) in [6, 6.07) is 18.8. The lowest BCUT2D eigenvalue weighted by atomic mass is 9.94. The van der Waals surface area contributed by atoms with Gasteiger partial charge in [-0.2, -0.15) is 0 Å². The molecule has 6 rings (SSSR count). The fourth-order valence-corrected chi connectivity index (χ4v) is 7.24. The molecule has 0 radical (unpaired) electrons. The van der Waals surface area contributed by atoms with Crippen LogP contribution in [0, 0.1) is 0 Å². The van der Waals surface area contributed by atoms with Crippen LogP contribution in [0.5, 0.6) is 23.0 Å². The van der Waals surface area contributed by atoms with Crippen LogP contribution in [0.3, 0.4) is 0 Å². The molecule has 0 bridgehead atoms. The molecular formula is C37H27ClN2O12S. The Morgan fingerprint density at radius 3 is 2.09 bits per heavy atom. The van der Waals surface area contributed by atoms with Crippen molar-refractivity contribution in [2.45, 2.75) is 11.4 Å². The predicted octanol–water partition coefficient (Wildman–Crippen LogP) is 3.89. The number of carbonyl (C=O) groups is 6. The minimum atomic E-state index is -1.47. The van der Waals surface area contributed by atoms with Crippen LogP contribution in [0.1, 0.15) is 42.2 Å². The molecule has 16 heteroatoms. The van der Waals surface area contributed by atoms with E-state index in [0.717, 1.165) is 40.9 Å². The number of ketones is 2. The largest absolute Gasteiger partial charge is 0.507 e. The van der Waals surface area contributed by atoms with E-state index in [-0.39, 0.29) is 34.3 Å². The van der Waals surface area contributed by atoms with E-state index in [1.807, 2.05) is 0 Å². The summed E-state index contributed by atoms with van der Waals surface area (Å²) in [7, 11) is 0. The molecular weight excluding hydrogens is 732 g/mol. The second-order valence-electron chi connectivity index (χ2n) is 11.6. The van der Waals surface area contributed by atoms with Crippen molar-refractivity contribution in [2.75, 3.05) is 19.0 Å². The summed E-state index contributed by atoms with van der Waals surface area (Å²) in [5, 5.41) is 43.8. The number of halogens is 1. The average Bonchev–Trinajstić information content (AvgIpc) is 3.15. The monoisotopic (exact) mass is 758 g/mol. The summed E-state index contributed by atoms with van der Waals surface area (Å²) in [5.41, 5.74) is -2.36. The summed E-state index contributed by atoms with van der Waals surface area (Å²) in [4.78, 5) is 78.6. The van der Waals surface area contributed by atoms with Crippen molar-refractivity contribution in [1.29, 1.82) is 0 Å². The van der Waals surface area contributed by atoms with Crippen molar-refractivity contribution in [1.82, 2.24) is 10.2 Å². The van der Waals surface area contributed by atoms with Crippen LogP contribution in [0.4, 0.5) is 0 Å². The lowest BCUT2D eigenvalue weighted by Gasteiger charge is -2.49. The van der Waals surface area contributed by atoms with E-state index in [4.69, 9.17) is 21.1 Å². The summed E-state index contributed by atoms with van der Waals surface area (Å²) in [6.45, 7) is -0.968. The molecule has 270 valence electrons. The number of para-hydroxylation sites is 3. The van der Waals surface area contributed by atoms with Gasteiger partial charge in [-0.25, -0.2) is 9.59 Å². The number of amides is 2. The molecule has 53 heavy (non-hydrogen) atoms. The molecule has 2 aliphatic rings. The van der Waals surface area contributed by atoms with Crippen LogP contribution in [0.25, 0.3) is 0 Å². The van der Waals surface area contributed by atoms with Crippen LogP contribution in [-0.4, -0.2) is 91.0 Å². The maximum Gasteiger partial charge on any atom is 0.352 e. The van der Waals surface area contributed by atoms with Crippen LogP contribution < -0.4 is 10.1 Å². The average molecular weight is 759 g/mol. The molecule has 0 aliphatic carbocycles. The standard InChI is InChI=1S/C37H27ClN2O12S/c38-19-13-24(30(43)21-9-4-5-12-26(21)41)33(46)25(14-19)32(45)22-10-6-11-23(31(22)44)37(50)52-15-18-17-53-35-28(34(47)40(35)29(18)36(48)49)39-27(42)16-51-20-7-2-1-3-8-20/h1-14,28,35,41,44,46H,15-17H2,(H,39,42)(H,48,49)/t28?,35-/m1/s1. The van der Waals surface area contributed by atoms with Crippen molar-refractivity contribution in [3.63, 3.8) is 0 Å². The van der Waals surface area contributed by atoms with Gasteiger partial charge < -0.3 is 35.2 Å². The Morgan fingerprint density at radius 2 is 1.42 bits per heavy atom. The number of thioether (sulfide) groups is 1. The summed E-state index contributed by atoms with van der Waals surface area (Å²) in [6.07, 6.45) is 0. The fourth-order valence-electron chi connectivity index (χ4n) is 5.70. The lowest BCUT2D eigenvalue weighted by molar-refractivity contribution is -0.151. The van der Waals surface area contributed by atoms with Gasteiger partial charge in [0, 0.05) is 16.3 Å². The molecule has 2 atom stereocenters. The minimum Gasteiger partial charge on any atom is -0.507 e. The number of aliphatic carboxylic acids is 1. The Bertz CT molecular complexity index is 2220. The molecule has 5 N–H and O–H groups in total. The number of fused-ring (bicyclic) bond motifs is 1. The van der Waals surface area contributed by atoms with E-state index in [9.17, 15) is 49.2 Å². The molecule has 2 amide bonds. The molecule has 2 aliphatic heterocycles. The molecule has 0 saturated carbocycles. The van der Waals surface area contributed by atoms with Crippen molar-refractivity contribution in [3.05, 3.63) is 129 Å². The third-order valence-corrected chi connectivity index (χ3v) is 9.83. The number of carbonyl (C=O) groups excluding carboxylic acids is 5. The zero-order chi connectivity index (χ0) is 38.0. The number of nitrogens with zero attached hydrogens (tertiary/aromatic N) is 1. The SMILES string of the molecule is O=C(COc1ccccc1)NC1C(=O)N2C(C(=O)O)=C(COC(=O)c3cccc(C(=O)c4cc(Cl)cc(C(=O)c5ccccc5O)c4O)c3O)CS[C@H]12. The Kier molecular flexibility index (Phi) is 10.4. The first-order chi connectivity index (χ1) is 25.4. The van der Waals surface area contributed by atoms with E-state index in [0.29, 0.717) is 5.75 Å². The zero-order valence-electron chi connectivity index (χ0n) is 27.1. The van der Waals surface area contributed by atoms with E-state index in [1.165, 1.54) is 30.3 Å². The molecule has 14 nitrogen and oxygen atoms in total. The Labute approximate surface area is 309 Å². The van der Waals surface area contributed by atoms with Crippen molar-refractivity contribution >= 4 is 58.7 Å². The molecule has 4 aromatic rings. The van der Waals surface area contributed by atoms with Gasteiger partial charge in [-0.15, -0.1) is 11.8 Å². The van der Waals surface area contributed by atoms with Gasteiger partial charge in [0.1, 0.15) is 52.3 Å². The van der Waals surface area contributed by atoms with Gasteiger partial charge in [-0.05, 0) is 48.5 Å². The topological polar surface area (TPSA) is 217 Å². The van der Waals surface area contributed by atoms with Crippen molar-refractivity contribution in [2.24, 2.45) is 0 Å². The Hall–Kier alpha value is -6.32. The van der Waals surface area contributed by atoms with Crippen molar-refractivity contribution < 1.29 is 58.7 Å². The second-order valence-corrected chi connectivity index (χ2v) is 13.2. The minimum absolute atomic E-state index is 0.0105. The predicted molar refractivity (Wildman–Crippen MR) is 188 cm³/mol. The van der Waals surface area contributed by atoms with Crippen LogP contribution >= 0.6 is 23.4 Å².